The Morgan fingerprint density at radius 1 is 1.43 bits per heavy atom. The minimum Gasteiger partial charge on any atom is -0.357 e. The van der Waals surface area contributed by atoms with Crippen LogP contribution in [0.3, 0.4) is 0 Å². The lowest BCUT2D eigenvalue weighted by Crippen LogP contribution is -2.04. The van der Waals surface area contributed by atoms with Crippen molar-refractivity contribution in [1.29, 1.82) is 0 Å². The molecule has 0 spiro atoms. The molecule has 0 fully saturated rings. The second-order valence-electron chi connectivity index (χ2n) is 3.41. The molecule has 2 aromatic rings. The number of rotatable bonds is 3. The molecular formula is C11H15N3. The first-order valence-corrected chi connectivity index (χ1v) is 4.79. The zero-order valence-corrected chi connectivity index (χ0v) is 8.30. The quantitative estimate of drug-likeness (QED) is 0.682. The average Bonchev–Trinajstić information content (AvgIpc) is 2.60. The second-order valence-corrected chi connectivity index (χ2v) is 3.41. The van der Waals surface area contributed by atoms with Crippen LogP contribution in [0.15, 0.2) is 24.3 Å². The molecule has 4 N–H and O–H groups in total. The molecule has 0 aliphatic rings. The summed E-state index contributed by atoms with van der Waals surface area (Å²) in [5.74, 6) is 0. The lowest BCUT2D eigenvalue weighted by Gasteiger charge is -1.96. The van der Waals surface area contributed by atoms with E-state index in [1.807, 2.05) is 13.1 Å². The van der Waals surface area contributed by atoms with E-state index in [-0.39, 0.29) is 0 Å². The van der Waals surface area contributed by atoms with E-state index in [0.29, 0.717) is 6.54 Å². The van der Waals surface area contributed by atoms with Crippen LogP contribution in [0.4, 0.5) is 0 Å². The third-order valence-corrected chi connectivity index (χ3v) is 2.40. The van der Waals surface area contributed by atoms with E-state index in [4.69, 9.17) is 5.73 Å². The fourth-order valence-corrected chi connectivity index (χ4v) is 1.74. The maximum atomic E-state index is 5.67. The summed E-state index contributed by atoms with van der Waals surface area (Å²) in [5, 5.41) is 4.36. The van der Waals surface area contributed by atoms with Gasteiger partial charge in [0.05, 0.1) is 0 Å². The fraction of sp³-hybridized carbons (Fsp3) is 0.273. The summed E-state index contributed by atoms with van der Waals surface area (Å²) in [6.07, 6.45) is 0. The van der Waals surface area contributed by atoms with Gasteiger partial charge in [-0.1, -0.05) is 12.1 Å². The van der Waals surface area contributed by atoms with Gasteiger partial charge in [0.1, 0.15) is 0 Å². The van der Waals surface area contributed by atoms with Gasteiger partial charge in [-0.25, -0.2) is 0 Å². The SMILES string of the molecule is CNCc1cc2c(CN)cccc2[nH]1. The maximum absolute atomic E-state index is 5.67. The number of benzene rings is 1. The molecule has 1 aromatic heterocycles. The van der Waals surface area contributed by atoms with E-state index < -0.39 is 0 Å². The van der Waals surface area contributed by atoms with Crippen molar-refractivity contribution in [3.8, 4) is 0 Å². The van der Waals surface area contributed by atoms with Crippen molar-refractivity contribution in [1.82, 2.24) is 10.3 Å². The molecule has 0 saturated carbocycles. The number of hydrogen-bond acceptors (Lipinski definition) is 2. The van der Waals surface area contributed by atoms with Crippen LogP contribution >= 0.6 is 0 Å². The third-order valence-electron chi connectivity index (χ3n) is 2.40. The number of H-pyrrole nitrogens is 1. The summed E-state index contributed by atoms with van der Waals surface area (Å²) in [7, 11) is 1.94. The van der Waals surface area contributed by atoms with E-state index in [1.165, 1.54) is 22.2 Å². The smallest absolute Gasteiger partial charge is 0.0459 e. The predicted octanol–water partition coefficient (Wildman–Crippen LogP) is 1.35. The predicted molar refractivity (Wildman–Crippen MR) is 59.0 cm³/mol. The second kappa shape index (κ2) is 3.82. The molecule has 0 unspecified atom stereocenters. The highest BCUT2D eigenvalue weighted by Crippen LogP contribution is 2.19. The number of aromatic amines is 1. The molecule has 14 heavy (non-hydrogen) atoms. The number of aromatic nitrogens is 1. The van der Waals surface area contributed by atoms with Gasteiger partial charge in [-0.2, -0.15) is 0 Å². The van der Waals surface area contributed by atoms with Crippen LogP contribution in [0.1, 0.15) is 11.3 Å². The highest BCUT2D eigenvalue weighted by Gasteiger charge is 2.02. The van der Waals surface area contributed by atoms with Crippen LogP contribution < -0.4 is 11.1 Å². The maximum Gasteiger partial charge on any atom is 0.0459 e. The summed E-state index contributed by atoms with van der Waals surface area (Å²) >= 11 is 0. The molecule has 0 aliphatic heterocycles. The molecule has 1 aromatic carbocycles. The van der Waals surface area contributed by atoms with E-state index in [0.717, 1.165) is 6.54 Å². The van der Waals surface area contributed by atoms with Gasteiger partial charge in [0, 0.05) is 29.7 Å². The van der Waals surface area contributed by atoms with Crippen LogP contribution in [-0.4, -0.2) is 12.0 Å². The van der Waals surface area contributed by atoms with Gasteiger partial charge < -0.3 is 16.0 Å². The van der Waals surface area contributed by atoms with Crippen molar-refractivity contribution in [2.75, 3.05) is 7.05 Å². The Morgan fingerprint density at radius 3 is 3.00 bits per heavy atom. The third kappa shape index (κ3) is 1.52. The number of nitrogens with one attached hydrogen (secondary N) is 2. The Morgan fingerprint density at radius 2 is 2.29 bits per heavy atom. The summed E-state index contributed by atoms with van der Waals surface area (Å²) in [5.41, 5.74) is 9.23. The van der Waals surface area contributed by atoms with E-state index in [2.05, 4.69) is 28.5 Å². The topological polar surface area (TPSA) is 53.8 Å². The van der Waals surface area contributed by atoms with E-state index >= 15 is 0 Å². The molecule has 0 bridgehead atoms. The molecule has 3 heteroatoms. The molecule has 0 atom stereocenters. The zero-order chi connectivity index (χ0) is 9.97. The van der Waals surface area contributed by atoms with E-state index in [9.17, 15) is 0 Å². The number of fused-ring (bicyclic) bond motifs is 1. The summed E-state index contributed by atoms with van der Waals surface area (Å²) in [6, 6.07) is 8.34. The molecule has 74 valence electrons. The van der Waals surface area contributed by atoms with Crippen molar-refractivity contribution in [2.45, 2.75) is 13.1 Å². The van der Waals surface area contributed by atoms with Gasteiger partial charge in [0.25, 0.3) is 0 Å². The Balaban J connectivity index is 2.52. The van der Waals surface area contributed by atoms with Crippen molar-refractivity contribution in [2.24, 2.45) is 5.73 Å². The minimum atomic E-state index is 0.591. The first-order valence-electron chi connectivity index (χ1n) is 4.79. The Labute approximate surface area is 83.3 Å². The van der Waals surface area contributed by atoms with Gasteiger partial charge in [0.15, 0.2) is 0 Å². The largest absolute Gasteiger partial charge is 0.357 e. The first-order chi connectivity index (χ1) is 6.85. The van der Waals surface area contributed by atoms with Crippen molar-refractivity contribution in [3.63, 3.8) is 0 Å². The van der Waals surface area contributed by atoms with Gasteiger partial charge in [-0.3, -0.25) is 0 Å². The standard InChI is InChI=1S/C11H15N3/c1-13-7-9-5-10-8(6-12)3-2-4-11(10)14-9/h2-5,13-14H,6-7,12H2,1H3. The molecule has 0 amide bonds. The molecule has 2 rings (SSSR count). The molecule has 0 saturated heterocycles. The Hall–Kier alpha value is -1.32. The lowest BCUT2D eigenvalue weighted by molar-refractivity contribution is 0.799. The van der Waals surface area contributed by atoms with Gasteiger partial charge in [-0.05, 0) is 24.7 Å². The molecule has 0 aliphatic carbocycles. The molecular weight excluding hydrogens is 174 g/mol. The number of hydrogen-bond donors (Lipinski definition) is 3. The Bertz CT molecular complexity index is 431. The van der Waals surface area contributed by atoms with Crippen LogP contribution in [0.5, 0.6) is 0 Å². The van der Waals surface area contributed by atoms with Crippen LogP contribution in [0, 0.1) is 0 Å². The summed E-state index contributed by atoms with van der Waals surface area (Å²) in [4.78, 5) is 3.35. The molecule has 1 heterocycles. The average molecular weight is 189 g/mol. The van der Waals surface area contributed by atoms with Crippen molar-refractivity contribution >= 4 is 10.9 Å². The van der Waals surface area contributed by atoms with Crippen molar-refractivity contribution < 1.29 is 0 Å². The highest BCUT2D eigenvalue weighted by atomic mass is 14.9. The first kappa shape index (κ1) is 9.24. The highest BCUT2D eigenvalue weighted by molar-refractivity contribution is 5.83. The van der Waals surface area contributed by atoms with Crippen LogP contribution in [-0.2, 0) is 13.1 Å². The van der Waals surface area contributed by atoms with Gasteiger partial charge in [0.2, 0.25) is 0 Å². The van der Waals surface area contributed by atoms with Crippen LogP contribution in [0.25, 0.3) is 10.9 Å². The van der Waals surface area contributed by atoms with Crippen molar-refractivity contribution in [3.05, 3.63) is 35.5 Å². The number of nitrogens with two attached hydrogens (primary N) is 1. The van der Waals surface area contributed by atoms with Gasteiger partial charge >= 0.3 is 0 Å². The summed E-state index contributed by atoms with van der Waals surface area (Å²) < 4.78 is 0. The fourth-order valence-electron chi connectivity index (χ4n) is 1.74. The monoisotopic (exact) mass is 189 g/mol. The van der Waals surface area contributed by atoms with E-state index in [1.54, 1.807) is 0 Å². The zero-order valence-electron chi connectivity index (χ0n) is 8.30. The normalized spacial score (nSPS) is 11.0. The molecule has 3 nitrogen and oxygen atoms in total. The van der Waals surface area contributed by atoms with Crippen LogP contribution in [0.2, 0.25) is 0 Å². The Kier molecular flexibility index (Phi) is 2.52. The lowest BCUT2D eigenvalue weighted by atomic mass is 10.1. The van der Waals surface area contributed by atoms with Gasteiger partial charge in [-0.15, -0.1) is 0 Å². The summed E-state index contributed by atoms with van der Waals surface area (Å²) in [6.45, 7) is 1.45. The minimum absolute atomic E-state index is 0.591. The molecule has 0 radical (unpaired) electrons.